The van der Waals surface area contributed by atoms with Crippen molar-refractivity contribution >= 4 is 37.5 Å². The average Bonchev–Trinajstić information content (AvgIpc) is 2.90. The van der Waals surface area contributed by atoms with Crippen LogP contribution in [0.25, 0.3) is 32.8 Å². The summed E-state index contributed by atoms with van der Waals surface area (Å²) < 4.78 is 67.9. The Labute approximate surface area is 223 Å². The largest absolute Gasteiger partial charge is 0.534 e. The van der Waals surface area contributed by atoms with Crippen molar-refractivity contribution in [2.75, 3.05) is 5.32 Å². The highest BCUT2D eigenvalue weighted by Gasteiger charge is 2.49. The van der Waals surface area contributed by atoms with Crippen molar-refractivity contribution in [1.29, 1.82) is 0 Å². The first-order valence-corrected chi connectivity index (χ1v) is 13.5. The van der Waals surface area contributed by atoms with E-state index in [-0.39, 0.29) is 17.3 Å². The maximum Gasteiger partial charge on any atom is 0.534 e. The van der Waals surface area contributed by atoms with E-state index in [9.17, 15) is 21.6 Å². The number of hydrogen-bond donors (Lipinski definition) is 1. The van der Waals surface area contributed by atoms with Gasteiger partial charge in [-0.1, -0.05) is 72.8 Å². The first-order chi connectivity index (χ1) is 18.5. The van der Waals surface area contributed by atoms with Crippen LogP contribution in [0.3, 0.4) is 0 Å². The smallest absolute Gasteiger partial charge is 0.375 e. The van der Waals surface area contributed by atoms with Gasteiger partial charge < -0.3 is 9.50 Å². The zero-order chi connectivity index (χ0) is 27.9. The van der Waals surface area contributed by atoms with Crippen molar-refractivity contribution in [2.24, 2.45) is 0 Å². The molecule has 0 amide bonds. The molecule has 4 aromatic carbocycles. The number of halogens is 3. The fourth-order valence-electron chi connectivity index (χ4n) is 4.62. The highest BCUT2D eigenvalue weighted by molar-refractivity contribution is 7.88. The van der Waals surface area contributed by atoms with Crippen LogP contribution in [0, 0.1) is 13.8 Å². The summed E-state index contributed by atoms with van der Waals surface area (Å²) >= 11 is 0. The summed E-state index contributed by atoms with van der Waals surface area (Å²) in [5, 5.41) is 15.5. The fraction of sp³-hybridized carbons (Fsp3) is 0.172. The zero-order valence-corrected chi connectivity index (χ0v) is 22.1. The second-order valence-electron chi connectivity index (χ2n) is 9.22. The van der Waals surface area contributed by atoms with Crippen LogP contribution < -0.4 is 9.50 Å². The molecule has 0 spiro atoms. The molecular weight excluding hydrogens is 527 g/mol. The number of alkyl halides is 3. The van der Waals surface area contributed by atoms with Crippen LogP contribution in [-0.2, 0) is 10.1 Å². The van der Waals surface area contributed by atoms with Gasteiger partial charge in [-0.3, -0.25) is 0 Å². The van der Waals surface area contributed by atoms with Crippen LogP contribution in [0.5, 0.6) is 5.75 Å². The molecule has 1 N–H and O–H groups in total. The van der Waals surface area contributed by atoms with Gasteiger partial charge >= 0.3 is 15.6 Å². The molecule has 0 bridgehead atoms. The summed E-state index contributed by atoms with van der Waals surface area (Å²) in [4.78, 5) is 0. The van der Waals surface area contributed by atoms with E-state index in [4.69, 9.17) is 0 Å². The van der Waals surface area contributed by atoms with Gasteiger partial charge in [0, 0.05) is 0 Å². The van der Waals surface area contributed by atoms with Gasteiger partial charge in [-0.15, -0.1) is 10.2 Å². The van der Waals surface area contributed by atoms with E-state index < -0.39 is 21.4 Å². The van der Waals surface area contributed by atoms with Gasteiger partial charge in [-0.05, 0) is 65.1 Å². The number of benzene rings is 4. The number of anilines is 1. The van der Waals surface area contributed by atoms with Gasteiger partial charge in [0.15, 0.2) is 11.6 Å². The number of aromatic nitrogens is 2. The van der Waals surface area contributed by atoms with Crippen LogP contribution in [0.1, 0.15) is 29.7 Å². The molecule has 0 radical (unpaired) electrons. The molecule has 0 aliphatic heterocycles. The summed E-state index contributed by atoms with van der Waals surface area (Å²) in [6.07, 6.45) is 0. The second kappa shape index (κ2) is 9.85. The van der Waals surface area contributed by atoms with E-state index in [0.717, 1.165) is 16.3 Å². The lowest BCUT2D eigenvalue weighted by Gasteiger charge is -2.20. The third kappa shape index (κ3) is 4.87. The van der Waals surface area contributed by atoms with Gasteiger partial charge in [-0.25, -0.2) is 0 Å². The Morgan fingerprint density at radius 3 is 2.10 bits per heavy atom. The summed E-state index contributed by atoms with van der Waals surface area (Å²) in [5.74, 6) is 0.0231. The molecule has 1 atom stereocenters. The Bertz CT molecular complexity index is 1820. The molecule has 0 saturated heterocycles. The minimum absolute atomic E-state index is 0.114. The molecule has 200 valence electrons. The van der Waals surface area contributed by atoms with Crippen LogP contribution in [0.15, 0.2) is 78.9 Å². The number of nitrogens with zero attached hydrogens (tertiary/aromatic N) is 2. The molecule has 0 aliphatic rings. The molecule has 0 fully saturated rings. The van der Waals surface area contributed by atoms with E-state index in [1.165, 1.54) is 12.1 Å². The Kier molecular flexibility index (Phi) is 6.67. The molecular formula is C29H24F3N3O3S. The number of nitrogens with one attached hydrogen (secondary N) is 1. The number of fused-ring (bicyclic) bond motifs is 2. The SMILES string of the molecule is Cc1c(N[C@H](C)c2cccc3ccccc23)nnc(-c2c(OS(=O)(=O)C(F)(F)F)ccc3ccccc23)c1C. The van der Waals surface area contributed by atoms with E-state index in [1.807, 2.05) is 56.3 Å². The molecule has 5 rings (SSSR count). The maximum atomic E-state index is 13.2. The third-order valence-electron chi connectivity index (χ3n) is 6.78. The van der Waals surface area contributed by atoms with E-state index in [2.05, 4.69) is 19.7 Å². The minimum Gasteiger partial charge on any atom is -0.375 e. The Balaban J connectivity index is 1.59. The average molecular weight is 552 g/mol. The van der Waals surface area contributed by atoms with E-state index >= 15 is 0 Å². The first-order valence-electron chi connectivity index (χ1n) is 12.1. The van der Waals surface area contributed by atoms with Gasteiger partial charge in [0.25, 0.3) is 0 Å². The summed E-state index contributed by atoms with van der Waals surface area (Å²) in [6, 6.07) is 23.6. The predicted molar refractivity (Wildman–Crippen MR) is 146 cm³/mol. The maximum absolute atomic E-state index is 13.2. The summed E-state index contributed by atoms with van der Waals surface area (Å²) in [6.45, 7) is 5.59. The van der Waals surface area contributed by atoms with Crippen molar-refractivity contribution in [3.63, 3.8) is 0 Å². The standard InChI is InChI=1S/C29H24F3N3O3S/c1-17-18(2)28(33-19(3)22-14-8-11-20-9-4-6-12-23(20)22)35-34-27(17)26-24-13-7-5-10-21(24)15-16-25(26)38-39(36,37)29(30,31)32/h4-16,19H,1-3H3,(H,33,35)/t19-/m1/s1. The molecule has 5 aromatic rings. The molecule has 0 saturated carbocycles. The highest BCUT2D eigenvalue weighted by atomic mass is 32.2. The normalized spacial score (nSPS) is 13.0. The van der Waals surface area contributed by atoms with Gasteiger partial charge in [0.05, 0.1) is 11.6 Å². The molecule has 0 unspecified atom stereocenters. The van der Waals surface area contributed by atoms with Crippen molar-refractivity contribution in [3.8, 4) is 17.0 Å². The Morgan fingerprint density at radius 2 is 1.41 bits per heavy atom. The fourth-order valence-corrected chi connectivity index (χ4v) is 5.09. The van der Waals surface area contributed by atoms with Crippen molar-refractivity contribution < 1.29 is 25.8 Å². The quantitative estimate of drug-likeness (QED) is 0.174. The highest BCUT2D eigenvalue weighted by Crippen LogP contribution is 2.41. The lowest BCUT2D eigenvalue weighted by atomic mass is 9.96. The summed E-state index contributed by atoms with van der Waals surface area (Å²) in [5.41, 5.74) is -2.85. The van der Waals surface area contributed by atoms with Crippen LogP contribution in [0.2, 0.25) is 0 Å². The van der Waals surface area contributed by atoms with Crippen LogP contribution in [-0.4, -0.2) is 24.1 Å². The molecule has 10 heteroatoms. The number of rotatable bonds is 6. The molecule has 0 aliphatic carbocycles. The van der Waals surface area contributed by atoms with Crippen LogP contribution in [0.4, 0.5) is 19.0 Å². The van der Waals surface area contributed by atoms with Crippen LogP contribution >= 0.6 is 0 Å². The van der Waals surface area contributed by atoms with E-state index in [0.29, 0.717) is 27.7 Å². The lowest BCUT2D eigenvalue weighted by molar-refractivity contribution is -0.0499. The topological polar surface area (TPSA) is 81.2 Å². The molecule has 39 heavy (non-hydrogen) atoms. The van der Waals surface area contributed by atoms with Crippen molar-refractivity contribution in [1.82, 2.24) is 10.2 Å². The van der Waals surface area contributed by atoms with Crippen molar-refractivity contribution in [2.45, 2.75) is 32.3 Å². The lowest BCUT2D eigenvalue weighted by Crippen LogP contribution is -2.28. The van der Waals surface area contributed by atoms with E-state index in [1.54, 1.807) is 31.2 Å². The first kappa shape index (κ1) is 26.4. The van der Waals surface area contributed by atoms with Crippen molar-refractivity contribution in [3.05, 3.63) is 95.6 Å². The van der Waals surface area contributed by atoms with Gasteiger partial charge in [0.2, 0.25) is 0 Å². The molecule has 6 nitrogen and oxygen atoms in total. The third-order valence-corrected chi connectivity index (χ3v) is 7.74. The zero-order valence-electron chi connectivity index (χ0n) is 21.2. The minimum atomic E-state index is -5.91. The van der Waals surface area contributed by atoms with Gasteiger partial charge in [-0.2, -0.15) is 21.6 Å². The monoisotopic (exact) mass is 551 g/mol. The Hall–Kier alpha value is -4.18. The second-order valence-corrected chi connectivity index (χ2v) is 10.8. The molecule has 1 aromatic heterocycles. The molecule has 1 heterocycles. The predicted octanol–water partition coefficient (Wildman–Crippen LogP) is 7.47. The van der Waals surface area contributed by atoms with Gasteiger partial charge in [0.1, 0.15) is 5.69 Å². The number of hydrogen-bond acceptors (Lipinski definition) is 6. The Morgan fingerprint density at radius 1 is 0.795 bits per heavy atom. The summed E-state index contributed by atoms with van der Waals surface area (Å²) in [7, 11) is -5.91.